The van der Waals surface area contributed by atoms with Crippen LogP contribution in [-0.2, 0) is 7.05 Å². The third-order valence-corrected chi connectivity index (χ3v) is 3.22. The minimum Gasteiger partial charge on any atom is -0.396 e. The molecule has 0 unspecified atom stereocenters. The van der Waals surface area contributed by atoms with Crippen molar-refractivity contribution in [2.24, 2.45) is 7.05 Å². The topological polar surface area (TPSA) is 69.6 Å². The Bertz CT molecular complexity index is 484. The van der Waals surface area contributed by atoms with Crippen LogP contribution in [0.25, 0.3) is 0 Å². The lowest BCUT2D eigenvalue weighted by molar-refractivity contribution is 0.684. The lowest BCUT2D eigenvalue weighted by Gasteiger charge is -2.03. The molecule has 0 bridgehead atoms. The summed E-state index contributed by atoms with van der Waals surface area (Å²) < 4.78 is 2.54. The Hall–Kier alpha value is -1.08. The summed E-state index contributed by atoms with van der Waals surface area (Å²) in [4.78, 5) is 8.29. The molecule has 2 aromatic rings. The molecule has 0 amide bonds. The summed E-state index contributed by atoms with van der Waals surface area (Å²) in [5.74, 6) is 0. The van der Waals surface area contributed by atoms with Crippen LogP contribution in [0.2, 0.25) is 0 Å². The number of nitrogen functional groups attached to an aromatic ring is 1. The fourth-order valence-corrected chi connectivity index (χ4v) is 2.08. The molecular weight excluding hydrogens is 278 g/mol. The van der Waals surface area contributed by atoms with Gasteiger partial charge in [-0.25, -0.2) is 14.6 Å². The van der Waals surface area contributed by atoms with Crippen molar-refractivity contribution in [2.75, 3.05) is 5.73 Å². The zero-order valence-corrected chi connectivity index (χ0v) is 10.3. The van der Waals surface area contributed by atoms with Crippen LogP contribution in [0.5, 0.6) is 0 Å². The number of nitrogens with zero attached hydrogens (tertiary/aromatic N) is 4. The predicted molar refractivity (Wildman–Crippen MR) is 61.5 cm³/mol. The van der Waals surface area contributed by atoms with Gasteiger partial charge in [0.25, 0.3) is 0 Å². The fraction of sp³-hybridized carbons (Fsp3) is 0.125. The van der Waals surface area contributed by atoms with Gasteiger partial charge in [-0.2, -0.15) is 5.10 Å². The Morgan fingerprint density at radius 1 is 1.47 bits per heavy atom. The van der Waals surface area contributed by atoms with Crippen molar-refractivity contribution < 1.29 is 0 Å². The van der Waals surface area contributed by atoms with E-state index in [1.54, 1.807) is 10.9 Å². The van der Waals surface area contributed by atoms with Crippen molar-refractivity contribution in [2.45, 2.75) is 10.2 Å². The molecule has 0 aliphatic carbocycles. The van der Waals surface area contributed by atoms with Crippen LogP contribution in [0.4, 0.5) is 5.69 Å². The summed E-state index contributed by atoms with van der Waals surface area (Å²) in [5.41, 5.74) is 6.44. The zero-order chi connectivity index (χ0) is 10.8. The molecule has 2 rings (SSSR count). The molecule has 2 heterocycles. The van der Waals surface area contributed by atoms with Gasteiger partial charge in [0.2, 0.25) is 0 Å². The minimum absolute atomic E-state index is 0.623. The third kappa shape index (κ3) is 2.29. The van der Waals surface area contributed by atoms with Crippen LogP contribution >= 0.6 is 27.7 Å². The summed E-state index contributed by atoms with van der Waals surface area (Å²) in [6.45, 7) is 0. The van der Waals surface area contributed by atoms with Crippen molar-refractivity contribution in [3.63, 3.8) is 0 Å². The van der Waals surface area contributed by atoms with E-state index >= 15 is 0 Å². The Balaban J connectivity index is 2.29. The van der Waals surface area contributed by atoms with Crippen LogP contribution in [-0.4, -0.2) is 19.7 Å². The van der Waals surface area contributed by atoms with E-state index in [2.05, 4.69) is 31.0 Å². The first-order chi connectivity index (χ1) is 7.16. The highest BCUT2D eigenvalue weighted by atomic mass is 79.9. The maximum Gasteiger partial charge on any atom is 0.192 e. The van der Waals surface area contributed by atoms with Crippen LogP contribution in [0.1, 0.15) is 0 Å². The molecule has 78 valence electrons. The highest BCUT2D eigenvalue weighted by Gasteiger charge is 2.08. The summed E-state index contributed by atoms with van der Waals surface area (Å²) in [6.07, 6.45) is 3.20. The minimum atomic E-state index is 0.623. The molecular formula is C8H8BrN5S. The number of hydrogen-bond donors (Lipinski definition) is 1. The summed E-state index contributed by atoms with van der Waals surface area (Å²) in [6, 6.07) is 1.81. The number of rotatable bonds is 2. The normalized spacial score (nSPS) is 10.5. The molecule has 7 heteroatoms. The molecule has 0 saturated heterocycles. The van der Waals surface area contributed by atoms with Crippen LogP contribution < -0.4 is 5.73 Å². The first kappa shape index (κ1) is 10.4. The van der Waals surface area contributed by atoms with Gasteiger partial charge in [-0.3, -0.25) is 0 Å². The van der Waals surface area contributed by atoms with E-state index < -0.39 is 0 Å². The van der Waals surface area contributed by atoms with E-state index in [1.165, 1.54) is 18.1 Å². The molecule has 0 fully saturated rings. The maximum absolute atomic E-state index is 5.82. The molecule has 0 radical (unpaired) electrons. The molecule has 0 spiro atoms. The first-order valence-corrected chi connectivity index (χ1v) is 5.70. The molecule has 0 aliphatic rings. The van der Waals surface area contributed by atoms with Gasteiger partial charge >= 0.3 is 0 Å². The number of aryl methyl sites for hydroxylation is 1. The third-order valence-electron chi connectivity index (χ3n) is 1.70. The first-order valence-electron chi connectivity index (χ1n) is 4.09. The maximum atomic E-state index is 5.82. The Morgan fingerprint density at radius 3 is 2.87 bits per heavy atom. The van der Waals surface area contributed by atoms with Crippen molar-refractivity contribution >= 4 is 33.4 Å². The van der Waals surface area contributed by atoms with Gasteiger partial charge in [0.05, 0.1) is 5.69 Å². The van der Waals surface area contributed by atoms with Crippen LogP contribution in [0, 0.1) is 0 Å². The SMILES string of the molecule is Cn1ncnc1Sc1ncc(Br)cc1N. The van der Waals surface area contributed by atoms with Gasteiger partial charge in [0, 0.05) is 17.7 Å². The van der Waals surface area contributed by atoms with Gasteiger partial charge in [-0.15, -0.1) is 0 Å². The second-order valence-corrected chi connectivity index (χ2v) is 4.69. The van der Waals surface area contributed by atoms with E-state index in [0.29, 0.717) is 5.69 Å². The van der Waals surface area contributed by atoms with Crippen molar-refractivity contribution in [1.82, 2.24) is 19.7 Å². The summed E-state index contributed by atoms with van der Waals surface area (Å²) in [7, 11) is 1.82. The number of halogens is 1. The van der Waals surface area contributed by atoms with Crippen molar-refractivity contribution in [1.29, 1.82) is 0 Å². The molecule has 2 aromatic heterocycles. The van der Waals surface area contributed by atoms with E-state index in [0.717, 1.165) is 14.7 Å². The van der Waals surface area contributed by atoms with Gasteiger partial charge < -0.3 is 5.73 Å². The smallest absolute Gasteiger partial charge is 0.192 e. The van der Waals surface area contributed by atoms with E-state index in [9.17, 15) is 0 Å². The second-order valence-electron chi connectivity index (χ2n) is 2.82. The Labute approximate surface area is 99.2 Å². The van der Waals surface area contributed by atoms with E-state index in [1.807, 2.05) is 13.1 Å². The number of anilines is 1. The number of nitrogens with two attached hydrogens (primary N) is 1. The second kappa shape index (κ2) is 4.19. The number of pyridine rings is 1. The Morgan fingerprint density at radius 2 is 2.27 bits per heavy atom. The fourth-order valence-electron chi connectivity index (χ4n) is 0.992. The van der Waals surface area contributed by atoms with E-state index in [-0.39, 0.29) is 0 Å². The molecule has 0 aliphatic heterocycles. The van der Waals surface area contributed by atoms with Crippen LogP contribution in [0.15, 0.2) is 33.2 Å². The van der Waals surface area contributed by atoms with Gasteiger partial charge in [-0.05, 0) is 33.8 Å². The molecule has 0 atom stereocenters. The lowest BCUT2D eigenvalue weighted by atomic mass is 10.4. The number of hydrogen-bond acceptors (Lipinski definition) is 5. The summed E-state index contributed by atoms with van der Waals surface area (Å²) in [5, 5.41) is 5.46. The molecule has 0 saturated carbocycles. The quantitative estimate of drug-likeness (QED) is 0.910. The van der Waals surface area contributed by atoms with E-state index in [4.69, 9.17) is 5.73 Å². The Kier molecular flexibility index (Phi) is 2.92. The molecule has 15 heavy (non-hydrogen) atoms. The highest BCUT2D eigenvalue weighted by Crippen LogP contribution is 2.29. The standard InChI is InChI=1S/C8H8BrN5S/c1-14-8(12-4-13-14)15-7-6(10)2-5(9)3-11-7/h2-4H,10H2,1H3. The molecule has 5 nitrogen and oxygen atoms in total. The van der Waals surface area contributed by atoms with Crippen molar-refractivity contribution in [3.05, 3.63) is 23.1 Å². The molecule has 0 aromatic carbocycles. The average molecular weight is 286 g/mol. The summed E-state index contributed by atoms with van der Waals surface area (Å²) >= 11 is 4.69. The zero-order valence-electron chi connectivity index (χ0n) is 7.88. The highest BCUT2D eigenvalue weighted by molar-refractivity contribution is 9.10. The lowest BCUT2D eigenvalue weighted by Crippen LogP contribution is -1.96. The van der Waals surface area contributed by atoms with Gasteiger partial charge in [0.15, 0.2) is 5.16 Å². The van der Waals surface area contributed by atoms with Gasteiger partial charge in [0.1, 0.15) is 11.4 Å². The number of aromatic nitrogens is 4. The van der Waals surface area contributed by atoms with Crippen LogP contribution in [0.3, 0.4) is 0 Å². The molecule has 2 N–H and O–H groups in total. The predicted octanol–water partition coefficient (Wildman–Crippen LogP) is 1.71. The van der Waals surface area contributed by atoms with Gasteiger partial charge in [-0.1, -0.05) is 0 Å². The van der Waals surface area contributed by atoms with Crippen molar-refractivity contribution in [3.8, 4) is 0 Å². The largest absolute Gasteiger partial charge is 0.396 e. The average Bonchev–Trinajstić information content (AvgIpc) is 2.57. The monoisotopic (exact) mass is 285 g/mol.